The molecule has 1 aromatic rings. The van der Waals surface area contributed by atoms with E-state index in [2.05, 4.69) is 5.32 Å². The summed E-state index contributed by atoms with van der Waals surface area (Å²) in [6, 6.07) is 9.41. The number of piperidine rings is 1. The molecule has 4 nitrogen and oxygen atoms in total. The number of amides is 1. The van der Waals surface area contributed by atoms with Crippen LogP contribution in [-0.4, -0.2) is 23.9 Å². The van der Waals surface area contributed by atoms with Gasteiger partial charge in [-0.3, -0.25) is 4.79 Å². The van der Waals surface area contributed by atoms with Crippen molar-refractivity contribution in [2.75, 3.05) is 13.1 Å². The molecule has 2 rings (SSSR count). The molecule has 0 aliphatic carbocycles. The van der Waals surface area contributed by atoms with E-state index in [-0.39, 0.29) is 11.5 Å². The molecule has 0 radical (unpaired) electrons. The van der Waals surface area contributed by atoms with Crippen LogP contribution in [0.25, 0.3) is 0 Å². The predicted octanol–water partition coefficient (Wildman–Crippen LogP) is 2.85. The van der Waals surface area contributed by atoms with Crippen LogP contribution in [0, 0.1) is 11.3 Å². The Kier molecular flexibility index (Phi) is 5.65. The summed E-state index contributed by atoms with van der Waals surface area (Å²) < 4.78 is 0. The van der Waals surface area contributed by atoms with Crippen molar-refractivity contribution in [3.05, 3.63) is 46.6 Å². The van der Waals surface area contributed by atoms with Gasteiger partial charge in [0.25, 0.3) is 5.91 Å². The maximum atomic E-state index is 12.2. The Hall–Kier alpha value is -1.99. The van der Waals surface area contributed by atoms with E-state index in [9.17, 15) is 4.79 Å². The highest BCUT2D eigenvalue weighted by Gasteiger charge is 2.19. The summed E-state index contributed by atoms with van der Waals surface area (Å²) in [6.45, 7) is 2.04. The zero-order valence-electron chi connectivity index (χ0n) is 11.8. The Morgan fingerprint density at radius 3 is 2.57 bits per heavy atom. The first-order chi connectivity index (χ1) is 10.2. The zero-order chi connectivity index (χ0) is 15.1. The molecule has 0 aromatic heterocycles. The van der Waals surface area contributed by atoms with Crippen molar-refractivity contribution in [2.45, 2.75) is 25.8 Å². The fourth-order valence-corrected chi connectivity index (χ4v) is 2.41. The normalized spacial score (nSPS) is 15.4. The molecular formula is C16H18ClN3O. The standard InChI is InChI=1S/C16H18ClN3O/c17-15-6-4-13(5-7-15)11-19-12-14(10-18)16(21)20-8-2-1-3-9-20/h4-7,12,19H,1-3,8-9,11H2/b14-12-. The molecule has 5 heteroatoms. The fraction of sp³-hybridized carbons (Fsp3) is 0.375. The Morgan fingerprint density at radius 2 is 1.95 bits per heavy atom. The summed E-state index contributed by atoms with van der Waals surface area (Å²) in [7, 11) is 0. The number of hydrogen-bond donors (Lipinski definition) is 1. The van der Waals surface area contributed by atoms with Gasteiger partial charge >= 0.3 is 0 Å². The highest BCUT2D eigenvalue weighted by atomic mass is 35.5. The van der Waals surface area contributed by atoms with Crippen LogP contribution in [0.3, 0.4) is 0 Å². The van der Waals surface area contributed by atoms with Gasteiger partial charge in [0.15, 0.2) is 0 Å². The van der Waals surface area contributed by atoms with E-state index >= 15 is 0 Å². The molecule has 110 valence electrons. The summed E-state index contributed by atoms with van der Waals surface area (Å²) in [6.07, 6.45) is 4.70. The van der Waals surface area contributed by atoms with Crippen molar-refractivity contribution in [1.29, 1.82) is 5.26 Å². The third-order valence-electron chi connectivity index (χ3n) is 3.46. The minimum absolute atomic E-state index is 0.158. The lowest BCUT2D eigenvalue weighted by Gasteiger charge is -2.26. The highest BCUT2D eigenvalue weighted by molar-refractivity contribution is 6.30. The van der Waals surface area contributed by atoms with Gasteiger partial charge in [-0.2, -0.15) is 5.26 Å². The Bertz CT molecular complexity index is 554. The van der Waals surface area contributed by atoms with Gasteiger partial charge in [-0.15, -0.1) is 0 Å². The Morgan fingerprint density at radius 1 is 1.29 bits per heavy atom. The van der Waals surface area contributed by atoms with Crippen LogP contribution in [0.4, 0.5) is 0 Å². The number of halogens is 1. The Balaban J connectivity index is 1.92. The number of carbonyl (C=O) groups is 1. The van der Waals surface area contributed by atoms with E-state index in [1.807, 2.05) is 30.3 Å². The number of benzene rings is 1. The molecule has 1 saturated heterocycles. The van der Waals surface area contributed by atoms with Crippen molar-refractivity contribution >= 4 is 17.5 Å². The molecule has 21 heavy (non-hydrogen) atoms. The number of carbonyl (C=O) groups excluding carboxylic acids is 1. The van der Waals surface area contributed by atoms with Crippen molar-refractivity contribution in [2.24, 2.45) is 0 Å². The smallest absolute Gasteiger partial charge is 0.265 e. The lowest BCUT2D eigenvalue weighted by atomic mass is 10.1. The van der Waals surface area contributed by atoms with E-state index in [1.54, 1.807) is 4.90 Å². The summed E-state index contributed by atoms with van der Waals surface area (Å²) in [5.74, 6) is -0.180. The van der Waals surface area contributed by atoms with Crippen molar-refractivity contribution in [3.8, 4) is 6.07 Å². The van der Waals surface area contributed by atoms with Gasteiger partial charge in [0, 0.05) is 30.9 Å². The summed E-state index contributed by atoms with van der Waals surface area (Å²) >= 11 is 5.82. The van der Waals surface area contributed by atoms with Gasteiger partial charge in [-0.1, -0.05) is 23.7 Å². The molecule has 1 aliphatic heterocycles. The van der Waals surface area contributed by atoms with Crippen molar-refractivity contribution < 1.29 is 4.79 Å². The van der Waals surface area contributed by atoms with Gasteiger partial charge < -0.3 is 10.2 Å². The van der Waals surface area contributed by atoms with Gasteiger partial charge in [0.05, 0.1) is 0 Å². The lowest BCUT2D eigenvalue weighted by molar-refractivity contribution is -0.127. The molecule has 1 heterocycles. The van der Waals surface area contributed by atoms with Crippen LogP contribution in [0.2, 0.25) is 5.02 Å². The minimum Gasteiger partial charge on any atom is -0.386 e. The number of nitriles is 1. The Labute approximate surface area is 130 Å². The molecule has 1 aromatic carbocycles. The molecule has 0 unspecified atom stereocenters. The number of likely N-dealkylation sites (tertiary alicyclic amines) is 1. The van der Waals surface area contributed by atoms with Gasteiger partial charge in [-0.05, 0) is 37.0 Å². The summed E-state index contributed by atoms with van der Waals surface area (Å²) in [4.78, 5) is 13.9. The van der Waals surface area contributed by atoms with Crippen LogP contribution in [0.1, 0.15) is 24.8 Å². The van der Waals surface area contributed by atoms with Crippen molar-refractivity contribution in [3.63, 3.8) is 0 Å². The second-order valence-corrected chi connectivity index (χ2v) is 5.47. The number of rotatable bonds is 4. The first kappa shape index (κ1) is 15.4. The van der Waals surface area contributed by atoms with E-state index in [0.717, 1.165) is 37.9 Å². The van der Waals surface area contributed by atoms with Gasteiger partial charge in [0.2, 0.25) is 0 Å². The molecule has 0 bridgehead atoms. The van der Waals surface area contributed by atoms with Crippen LogP contribution in [-0.2, 0) is 11.3 Å². The average molecular weight is 304 g/mol. The molecule has 0 spiro atoms. The van der Waals surface area contributed by atoms with Crippen LogP contribution >= 0.6 is 11.6 Å². The largest absolute Gasteiger partial charge is 0.386 e. The number of nitrogens with zero attached hydrogens (tertiary/aromatic N) is 2. The minimum atomic E-state index is -0.180. The zero-order valence-corrected chi connectivity index (χ0v) is 12.6. The summed E-state index contributed by atoms with van der Waals surface area (Å²) in [5.41, 5.74) is 1.20. The SMILES string of the molecule is N#C/C(=C/NCc1ccc(Cl)cc1)C(=O)N1CCCCC1. The monoisotopic (exact) mass is 303 g/mol. The van der Waals surface area contributed by atoms with E-state index in [0.29, 0.717) is 11.6 Å². The van der Waals surface area contributed by atoms with Crippen LogP contribution in [0.5, 0.6) is 0 Å². The van der Waals surface area contributed by atoms with Gasteiger partial charge in [-0.25, -0.2) is 0 Å². The second kappa shape index (κ2) is 7.70. The van der Waals surface area contributed by atoms with Crippen LogP contribution in [0.15, 0.2) is 36.0 Å². The second-order valence-electron chi connectivity index (χ2n) is 5.03. The number of nitrogens with one attached hydrogen (secondary N) is 1. The quantitative estimate of drug-likeness (QED) is 0.687. The first-order valence-electron chi connectivity index (χ1n) is 7.08. The number of hydrogen-bond acceptors (Lipinski definition) is 3. The van der Waals surface area contributed by atoms with Gasteiger partial charge in [0.1, 0.15) is 11.6 Å². The predicted molar refractivity (Wildman–Crippen MR) is 82.4 cm³/mol. The molecule has 0 saturated carbocycles. The lowest BCUT2D eigenvalue weighted by Crippen LogP contribution is -2.36. The maximum Gasteiger partial charge on any atom is 0.265 e. The van der Waals surface area contributed by atoms with E-state index in [1.165, 1.54) is 6.20 Å². The molecular weight excluding hydrogens is 286 g/mol. The van der Waals surface area contributed by atoms with E-state index in [4.69, 9.17) is 16.9 Å². The molecule has 1 N–H and O–H groups in total. The highest BCUT2D eigenvalue weighted by Crippen LogP contribution is 2.12. The topological polar surface area (TPSA) is 56.1 Å². The molecule has 1 fully saturated rings. The first-order valence-corrected chi connectivity index (χ1v) is 7.46. The maximum absolute atomic E-state index is 12.2. The molecule has 1 aliphatic rings. The third kappa shape index (κ3) is 4.51. The van der Waals surface area contributed by atoms with E-state index < -0.39 is 0 Å². The molecule has 1 amide bonds. The third-order valence-corrected chi connectivity index (χ3v) is 3.71. The van der Waals surface area contributed by atoms with Crippen LogP contribution < -0.4 is 5.32 Å². The average Bonchev–Trinajstić information content (AvgIpc) is 2.53. The summed E-state index contributed by atoms with van der Waals surface area (Å²) in [5, 5.41) is 12.8. The fourth-order valence-electron chi connectivity index (χ4n) is 2.28. The molecule has 0 atom stereocenters. The van der Waals surface area contributed by atoms with Crippen molar-refractivity contribution in [1.82, 2.24) is 10.2 Å².